The van der Waals surface area contributed by atoms with E-state index in [1.807, 2.05) is 13.0 Å². The van der Waals surface area contributed by atoms with Crippen LogP contribution in [0.15, 0.2) is 11.6 Å². The first kappa shape index (κ1) is 8.41. The summed E-state index contributed by atoms with van der Waals surface area (Å²) >= 11 is 0. The van der Waals surface area contributed by atoms with Crippen LogP contribution in [0.1, 0.15) is 33.6 Å². The molecule has 1 nitrogen and oxygen atoms in total. The smallest absolute Gasteiger partial charge is 0.155 e. The summed E-state index contributed by atoms with van der Waals surface area (Å²) in [6.07, 6.45) is 4.12. The Hall–Kier alpha value is -0.590. The maximum absolute atomic E-state index is 10.6. The molecule has 1 heteroatoms. The van der Waals surface area contributed by atoms with Crippen LogP contribution in [-0.2, 0) is 4.79 Å². The number of carbonyl (C=O) groups is 1. The summed E-state index contributed by atoms with van der Waals surface area (Å²) in [6.45, 7) is 5.56. The standard InChI is InChI=1S/C8H14O/c1-4-5-6-7(2)8(3)9/h6H,4-5H2,1-3H3. The fourth-order valence-electron chi connectivity index (χ4n) is 0.505. The second-order valence-electron chi connectivity index (χ2n) is 2.23. The van der Waals surface area contributed by atoms with Crippen LogP contribution < -0.4 is 0 Å². The Labute approximate surface area is 56.8 Å². The van der Waals surface area contributed by atoms with Crippen LogP contribution in [0.2, 0.25) is 0 Å². The Morgan fingerprint density at radius 1 is 1.44 bits per heavy atom. The average molecular weight is 126 g/mol. The number of hydrogen-bond acceptors (Lipinski definition) is 1. The normalized spacial score (nSPS) is 11.7. The molecule has 0 saturated carbocycles. The molecule has 0 aromatic heterocycles. The van der Waals surface area contributed by atoms with Crippen molar-refractivity contribution in [3.05, 3.63) is 11.6 Å². The Bertz CT molecular complexity index is 123. The SMILES string of the molecule is CCCC=C(C)C(C)=O. The quantitative estimate of drug-likeness (QED) is 0.530. The Kier molecular flexibility index (Phi) is 4.02. The van der Waals surface area contributed by atoms with E-state index in [0.717, 1.165) is 18.4 Å². The number of carbonyl (C=O) groups excluding carboxylic acids is 1. The largest absolute Gasteiger partial charge is 0.295 e. The molecule has 0 bridgehead atoms. The van der Waals surface area contributed by atoms with Gasteiger partial charge in [0.15, 0.2) is 5.78 Å². The highest BCUT2D eigenvalue weighted by Gasteiger charge is 1.92. The van der Waals surface area contributed by atoms with E-state index < -0.39 is 0 Å². The van der Waals surface area contributed by atoms with Gasteiger partial charge in [0.25, 0.3) is 0 Å². The summed E-state index contributed by atoms with van der Waals surface area (Å²) in [5.41, 5.74) is 0.886. The van der Waals surface area contributed by atoms with Crippen LogP contribution in [0.4, 0.5) is 0 Å². The van der Waals surface area contributed by atoms with Gasteiger partial charge in [0, 0.05) is 0 Å². The highest BCUT2D eigenvalue weighted by atomic mass is 16.1. The lowest BCUT2D eigenvalue weighted by atomic mass is 10.1. The third kappa shape index (κ3) is 3.95. The summed E-state index contributed by atoms with van der Waals surface area (Å²) in [5.74, 6) is 0.184. The second-order valence-corrected chi connectivity index (χ2v) is 2.23. The van der Waals surface area contributed by atoms with Crippen molar-refractivity contribution in [2.45, 2.75) is 33.6 Å². The van der Waals surface area contributed by atoms with E-state index in [1.165, 1.54) is 0 Å². The summed E-state index contributed by atoms with van der Waals surface area (Å²) in [6, 6.07) is 0. The molecule has 0 rings (SSSR count). The molecule has 52 valence electrons. The molecule has 0 N–H and O–H groups in total. The minimum atomic E-state index is 0.184. The number of allylic oxidation sites excluding steroid dienone is 2. The Morgan fingerprint density at radius 3 is 2.33 bits per heavy atom. The van der Waals surface area contributed by atoms with E-state index in [4.69, 9.17) is 0 Å². The molecule has 0 atom stereocenters. The van der Waals surface area contributed by atoms with Gasteiger partial charge in [0.05, 0.1) is 0 Å². The van der Waals surface area contributed by atoms with Crippen LogP contribution in [-0.4, -0.2) is 5.78 Å². The third-order valence-corrected chi connectivity index (χ3v) is 1.29. The van der Waals surface area contributed by atoms with Crippen LogP contribution in [0.5, 0.6) is 0 Å². The van der Waals surface area contributed by atoms with Gasteiger partial charge in [0.1, 0.15) is 0 Å². The summed E-state index contributed by atoms with van der Waals surface area (Å²) < 4.78 is 0. The predicted molar refractivity (Wildman–Crippen MR) is 39.3 cm³/mol. The first-order valence-electron chi connectivity index (χ1n) is 3.36. The molecule has 0 radical (unpaired) electrons. The zero-order valence-electron chi connectivity index (χ0n) is 6.40. The molecule has 0 amide bonds. The molecule has 9 heavy (non-hydrogen) atoms. The van der Waals surface area contributed by atoms with E-state index in [2.05, 4.69) is 6.92 Å². The minimum absolute atomic E-state index is 0.184. The van der Waals surface area contributed by atoms with Gasteiger partial charge >= 0.3 is 0 Å². The topological polar surface area (TPSA) is 17.1 Å². The van der Waals surface area contributed by atoms with Crippen molar-refractivity contribution in [1.82, 2.24) is 0 Å². The van der Waals surface area contributed by atoms with Crippen molar-refractivity contribution in [3.8, 4) is 0 Å². The van der Waals surface area contributed by atoms with E-state index in [0.29, 0.717) is 0 Å². The van der Waals surface area contributed by atoms with Crippen molar-refractivity contribution >= 4 is 5.78 Å². The van der Waals surface area contributed by atoms with Gasteiger partial charge in [0.2, 0.25) is 0 Å². The monoisotopic (exact) mass is 126 g/mol. The van der Waals surface area contributed by atoms with Gasteiger partial charge in [-0.05, 0) is 25.8 Å². The van der Waals surface area contributed by atoms with E-state index >= 15 is 0 Å². The Morgan fingerprint density at radius 2 is 2.00 bits per heavy atom. The van der Waals surface area contributed by atoms with Crippen LogP contribution in [0.3, 0.4) is 0 Å². The molecule has 0 aliphatic rings. The third-order valence-electron chi connectivity index (χ3n) is 1.29. The van der Waals surface area contributed by atoms with Crippen molar-refractivity contribution < 1.29 is 4.79 Å². The average Bonchev–Trinajstić information content (AvgIpc) is 1.82. The van der Waals surface area contributed by atoms with Gasteiger partial charge in [-0.15, -0.1) is 0 Å². The first-order chi connectivity index (χ1) is 4.18. The maximum Gasteiger partial charge on any atom is 0.155 e. The first-order valence-corrected chi connectivity index (χ1v) is 3.36. The summed E-state index contributed by atoms with van der Waals surface area (Å²) in [5, 5.41) is 0. The maximum atomic E-state index is 10.6. The second kappa shape index (κ2) is 4.30. The van der Waals surface area contributed by atoms with E-state index in [9.17, 15) is 4.79 Å². The molecule has 0 fully saturated rings. The zero-order chi connectivity index (χ0) is 7.28. The van der Waals surface area contributed by atoms with Gasteiger partial charge in [-0.25, -0.2) is 0 Å². The highest BCUT2D eigenvalue weighted by Crippen LogP contribution is 1.97. The van der Waals surface area contributed by atoms with Crippen molar-refractivity contribution in [3.63, 3.8) is 0 Å². The summed E-state index contributed by atoms with van der Waals surface area (Å²) in [4.78, 5) is 10.6. The number of rotatable bonds is 3. The van der Waals surface area contributed by atoms with Gasteiger partial charge < -0.3 is 0 Å². The van der Waals surface area contributed by atoms with Gasteiger partial charge in [-0.2, -0.15) is 0 Å². The lowest BCUT2D eigenvalue weighted by molar-refractivity contribution is -0.113. The van der Waals surface area contributed by atoms with Gasteiger partial charge in [-0.1, -0.05) is 19.4 Å². The van der Waals surface area contributed by atoms with Crippen molar-refractivity contribution in [2.24, 2.45) is 0 Å². The highest BCUT2D eigenvalue weighted by molar-refractivity contribution is 5.92. The van der Waals surface area contributed by atoms with E-state index in [1.54, 1.807) is 6.92 Å². The molecule has 0 aromatic carbocycles. The van der Waals surface area contributed by atoms with Crippen LogP contribution in [0.25, 0.3) is 0 Å². The lowest BCUT2D eigenvalue weighted by Gasteiger charge is -1.90. The zero-order valence-corrected chi connectivity index (χ0v) is 6.40. The molecule has 0 saturated heterocycles. The molecule has 0 unspecified atom stereocenters. The fourth-order valence-corrected chi connectivity index (χ4v) is 0.505. The molecule has 0 spiro atoms. The molecule has 0 aliphatic heterocycles. The molecular formula is C8H14O. The Balaban J connectivity index is 3.69. The number of ketones is 1. The fraction of sp³-hybridized carbons (Fsp3) is 0.625. The van der Waals surface area contributed by atoms with Gasteiger partial charge in [-0.3, -0.25) is 4.79 Å². The molecule has 0 heterocycles. The molecular weight excluding hydrogens is 112 g/mol. The summed E-state index contributed by atoms with van der Waals surface area (Å²) in [7, 11) is 0. The number of unbranched alkanes of at least 4 members (excludes halogenated alkanes) is 1. The van der Waals surface area contributed by atoms with Crippen LogP contribution in [0, 0.1) is 0 Å². The van der Waals surface area contributed by atoms with Crippen LogP contribution >= 0.6 is 0 Å². The van der Waals surface area contributed by atoms with Crippen molar-refractivity contribution in [2.75, 3.05) is 0 Å². The lowest BCUT2D eigenvalue weighted by Crippen LogP contribution is -1.90. The number of hydrogen-bond donors (Lipinski definition) is 0. The predicted octanol–water partition coefficient (Wildman–Crippen LogP) is 2.32. The molecule has 0 aromatic rings. The van der Waals surface area contributed by atoms with Crippen molar-refractivity contribution in [1.29, 1.82) is 0 Å². The minimum Gasteiger partial charge on any atom is -0.295 e. The number of Topliss-reactive ketones (excluding diaryl/α,β-unsaturated/α-hetero) is 1. The molecule has 0 aliphatic carbocycles. The van der Waals surface area contributed by atoms with E-state index in [-0.39, 0.29) is 5.78 Å².